The number of nitrogens with one attached hydrogen (secondary N) is 1. The summed E-state index contributed by atoms with van der Waals surface area (Å²) in [6.45, 7) is 7.26. The second-order valence-corrected chi connectivity index (χ2v) is 5.59. The Hall–Kier alpha value is -1.10. The number of morpholine rings is 1. The van der Waals surface area contributed by atoms with E-state index in [1.807, 2.05) is 19.2 Å². The predicted molar refractivity (Wildman–Crippen MR) is 81.2 cm³/mol. The first-order valence-corrected chi connectivity index (χ1v) is 7.31. The van der Waals surface area contributed by atoms with Gasteiger partial charge in [-0.25, -0.2) is 0 Å². The first-order valence-electron chi connectivity index (χ1n) is 7.31. The van der Waals surface area contributed by atoms with E-state index in [-0.39, 0.29) is 0 Å². The number of rotatable bonds is 5. The van der Waals surface area contributed by atoms with Crippen LogP contribution in [0.4, 0.5) is 0 Å². The first kappa shape index (κ1) is 15.3. The summed E-state index contributed by atoms with van der Waals surface area (Å²) < 4.78 is 11.1. The van der Waals surface area contributed by atoms with Gasteiger partial charge in [0.2, 0.25) is 0 Å². The lowest BCUT2D eigenvalue weighted by Crippen LogP contribution is -2.48. The lowest BCUT2D eigenvalue weighted by atomic mass is 10.1. The minimum atomic E-state index is 0.307. The lowest BCUT2D eigenvalue weighted by molar-refractivity contribution is -0.0698. The van der Waals surface area contributed by atoms with E-state index in [4.69, 9.17) is 9.47 Å². The molecule has 2 rings (SSSR count). The van der Waals surface area contributed by atoms with Gasteiger partial charge in [0.15, 0.2) is 0 Å². The number of hydrogen-bond donors (Lipinski definition) is 1. The van der Waals surface area contributed by atoms with Crippen molar-refractivity contribution in [1.29, 1.82) is 0 Å². The molecule has 3 unspecified atom stereocenters. The molecule has 0 bridgehead atoms. The maximum absolute atomic E-state index is 5.79. The van der Waals surface area contributed by atoms with E-state index in [0.29, 0.717) is 18.2 Å². The first-order chi connectivity index (χ1) is 9.62. The van der Waals surface area contributed by atoms with Crippen molar-refractivity contribution in [2.45, 2.75) is 32.1 Å². The highest BCUT2D eigenvalue weighted by atomic mass is 16.5. The topological polar surface area (TPSA) is 33.7 Å². The zero-order valence-electron chi connectivity index (χ0n) is 12.9. The molecule has 1 aromatic rings. The Morgan fingerprint density at radius 2 is 2.05 bits per heavy atom. The molecule has 1 N–H and O–H groups in total. The Morgan fingerprint density at radius 1 is 1.35 bits per heavy atom. The van der Waals surface area contributed by atoms with E-state index in [9.17, 15) is 0 Å². The van der Waals surface area contributed by atoms with Crippen LogP contribution >= 0.6 is 0 Å². The highest BCUT2D eigenvalue weighted by Gasteiger charge is 2.24. The summed E-state index contributed by atoms with van der Waals surface area (Å²) in [5.74, 6) is 0.909. The normalized spacial score (nSPS) is 25.4. The van der Waals surface area contributed by atoms with E-state index in [1.54, 1.807) is 7.11 Å². The van der Waals surface area contributed by atoms with Crippen LogP contribution in [0.1, 0.15) is 25.5 Å². The van der Waals surface area contributed by atoms with Crippen LogP contribution in [-0.2, 0) is 4.74 Å². The largest absolute Gasteiger partial charge is 0.497 e. The van der Waals surface area contributed by atoms with Crippen LogP contribution < -0.4 is 10.1 Å². The molecule has 1 fully saturated rings. The third-order valence-electron chi connectivity index (χ3n) is 3.78. The smallest absolute Gasteiger partial charge is 0.119 e. The monoisotopic (exact) mass is 278 g/mol. The van der Waals surface area contributed by atoms with Crippen LogP contribution in [-0.4, -0.2) is 50.9 Å². The van der Waals surface area contributed by atoms with Crippen molar-refractivity contribution in [3.63, 3.8) is 0 Å². The minimum Gasteiger partial charge on any atom is -0.497 e. The summed E-state index contributed by atoms with van der Waals surface area (Å²) in [7, 11) is 3.72. The van der Waals surface area contributed by atoms with Crippen molar-refractivity contribution in [3.05, 3.63) is 29.8 Å². The molecule has 1 aliphatic rings. The van der Waals surface area contributed by atoms with Crippen molar-refractivity contribution in [2.24, 2.45) is 0 Å². The van der Waals surface area contributed by atoms with Crippen LogP contribution in [0.15, 0.2) is 24.3 Å². The van der Waals surface area contributed by atoms with Gasteiger partial charge in [0.05, 0.1) is 19.3 Å². The highest BCUT2D eigenvalue weighted by Crippen LogP contribution is 2.21. The molecular formula is C16H26N2O2. The van der Waals surface area contributed by atoms with Crippen molar-refractivity contribution < 1.29 is 9.47 Å². The third kappa shape index (κ3) is 3.95. The summed E-state index contributed by atoms with van der Waals surface area (Å²) in [5, 5.41) is 3.41. The second-order valence-electron chi connectivity index (χ2n) is 5.59. The molecule has 0 aliphatic carbocycles. The van der Waals surface area contributed by atoms with Gasteiger partial charge in [0.25, 0.3) is 0 Å². The Labute approximate surface area is 122 Å². The van der Waals surface area contributed by atoms with Gasteiger partial charge < -0.3 is 14.8 Å². The van der Waals surface area contributed by atoms with E-state index < -0.39 is 0 Å². The Kier molecular flexibility index (Phi) is 5.40. The van der Waals surface area contributed by atoms with Crippen molar-refractivity contribution in [1.82, 2.24) is 10.2 Å². The van der Waals surface area contributed by atoms with Crippen molar-refractivity contribution in [2.75, 3.05) is 33.8 Å². The van der Waals surface area contributed by atoms with Gasteiger partial charge in [-0.2, -0.15) is 0 Å². The fourth-order valence-corrected chi connectivity index (χ4v) is 2.91. The van der Waals surface area contributed by atoms with E-state index >= 15 is 0 Å². The Balaban J connectivity index is 2.04. The van der Waals surface area contributed by atoms with Gasteiger partial charge in [-0.3, -0.25) is 4.90 Å². The van der Waals surface area contributed by atoms with Crippen LogP contribution in [0, 0.1) is 0 Å². The van der Waals surface area contributed by atoms with Crippen molar-refractivity contribution in [3.8, 4) is 5.75 Å². The average Bonchev–Trinajstić information content (AvgIpc) is 2.44. The number of methoxy groups -OCH3 is 1. The predicted octanol–water partition coefficient (Wildman–Crippen LogP) is 2.06. The molecule has 3 atom stereocenters. The zero-order valence-corrected chi connectivity index (χ0v) is 12.9. The molecule has 1 aromatic carbocycles. The van der Waals surface area contributed by atoms with Gasteiger partial charge in [0, 0.05) is 25.7 Å². The lowest BCUT2D eigenvalue weighted by Gasteiger charge is -2.37. The number of nitrogens with zero attached hydrogens (tertiary/aromatic N) is 1. The average molecular weight is 278 g/mol. The van der Waals surface area contributed by atoms with Crippen LogP contribution in [0.5, 0.6) is 5.75 Å². The van der Waals surface area contributed by atoms with E-state index in [0.717, 1.165) is 25.4 Å². The maximum atomic E-state index is 5.79. The zero-order chi connectivity index (χ0) is 14.5. The molecule has 20 heavy (non-hydrogen) atoms. The molecule has 4 heteroatoms. The summed E-state index contributed by atoms with van der Waals surface area (Å²) in [5.41, 5.74) is 1.26. The third-order valence-corrected chi connectivity index (χ3v) is 3.78. The molecule has 0 radical (unpaired) electrons. The van der Waals surface area contributed by atoms with Gasteiger partial charge in [-0.1, -0.05) is 12.1 Å². The van der Waals surface area contributed by atoms with Crippen LogP contribution in [0.25, 0.3) is 0 Å². The number of ether oxygens (including phenoxy) is 2. The minimum absolute atomic E-state index is 0.307. The molecule has 0 aromatic heterocycles. The second kappa shape index (κ2) is 7.07. The van der Waals surface area contributed by atoms with Crippen LogP contribution in [0.3, 0.4) is 0 Å². The molecule has 1 aliphatic heterocycles. The van der Waals surface area contributed by atoms with Gasteiger partial charge in [-0.15, -0.1) is 0 Å². The van der Waals surface area contributed by atoms with Crippen molar-refractivity contribution >= 4 is 0 Å². The highest BCUT2D eigenvalue weighted by molar-refractivity contribution is 5.30. The molecule has 1 saturated heterocycles. The summed E-state index contributed by atoms with van der Waals surface area (Å²) in [6.07, 6.45) is 0.614. The van der Waals surface area contributed by atoms with E-state index in [1.165, 1.54) is 5.56 Å². The van der Waals surface area contributed by atoms with Gasteiger partial charge in [-0.05, 0) is 38.6 Å². The number of hydrogen-bond acceptors (Lipinski definition) is 4. The van der Waals surface area contributed by atoms with Gasteiger partial charge in [0.1, 0.15) is 5.75 Å². The fraction of sp³-hybridized carbons (Fsp3) is 0.625. The van der Waals surface area contributed by atoms with Crippen LogP contribution in [0.2, 0.25) is 0 Å². The molecule has 4 nitrogen and oxygen atoms in total. The summed E-state index contributed by atoms with van der Waals surface area (Å²) in [4.78, 5) is 2.47. The number of likely N-dealkylation sites (N-methyl/N-ethyl adjacent to an activating group) is 1. The quantitative estimate of drug-likeness (QED) is 0.894. The maximum Gasteiger partial charge on any atom is 0.119 e. The molecule has 0 spiro atoms. The van der Waals surface area contributed by atoms with E-state index in [2.05, 4.69) is 36.2 Å². The Bertz CT molecular complexity index is 415. The summed E-state index contributed by atoms with van der Waals surface area (Å²) >= 11 is 0. The number of benzene rings is 1. The molecule has 1 heterocycles. The fourth-order valence-electron chi connectivity index (χ4n) is 2.91. The standard InChI is InChI=1S/C16H26N2O2/c1-12-9-18(10-13(2)20-12)11-16(17-3)14-6-5-7-15(8-14)19-4/h5-8,12-13,16-17H,9-11H2,1-4H3. The molecule has 112 valence electrons. The SMILES string of the molecule is CNC(CN1CC(C)OC(C)C1)c1cccc(OC)c1. The molecular weight excluding hydrogens is 252 g/mol. The molecule has 0 amide bonds. The summed E-state index contributed by atoms with van der Waals surface area (Å²) in [6, 6.07) is 8.59. The molecule has 0 saturated carbocycles. The Morgan fingerprint density at radius 3 is 2.65 bits per heavy atom. The van der Waals surface area contributed by atoms with Gasteiger partial charge >= 0.3 is 0 Å².